The van der Waals surface area contributed by atoms with Crippen LogP contribution in [0.25, 0.3) is 0 Å². The second kappa shape index (κ2) is 9.83. The Morgan fingerprint density at radius 2 is 1.98 bits per heavy atom. The lowest BCUT2D eigenvalue weighted by Crippen LogP contribution is -2.69. The molecule has 5 nitrogen and oxygen atoms in total. The van der Waals surface area contributed by atoms with Gasteiger partial charge in [0.25, 0.3) is 0 Å². The number of Topliss-reactive ketones (excluding diaryl/α,β-unsaturated/α-hetero) is 1. The molecule has 220 valence electrons. The summed E-state index contributed by atoms with van der Waals surface area (Å²) in [7, 11) is 0. The van der Waals surface area contributed by atoms with Crippen molar-refractivity contribution < 1.29 is 28.3 Å². The van der Waals surface area contributed by atoms with Crippen LogP contribution in [0.15, 0.2) is 48.1 Å². The molecule has 6 rings (SSSR count). The Morgan fingerprint density at radius 1 is 1.22 bits per heavy atom. The number of fused-ring (bicyclic) bond motifs is 7. The Kier molecular flexibility index (Phi) is 7.00. The molecule has 1 N–H and O–H groups in total. The van der Waals surface area contributed by atoms with Crippen molar-refractivity contribution in [2.24, 2.45) is 34.0 Å². The highest BCUT2D eigenvalue weighted by molar-refractivity contribution is 8.14. The van der Waals surface area contributed by atoms with Gasteiger partial charge >= 0.3 is 0 Å². The van der Waals surface area contributed by atoms with Crippen LogP contribution in [0, 0.1) is 34.0 Å². The van der Waals surface area contributed by atoms with E-state index in [9.17, 15) is 19.5 Å². The number of carbonyl (C=O) groups is 3. The van der Waals surface area contributed by atoms with Crippen molar-refractivity contribution in [3.8, 4) is 0 Å². The van der Waals surface area contributed by atoms with Crippen LogP contribution in [-0.2, 0) is 20.9 Å². The normalized spacial score (nSPS) is 43.1. The van der Waals surface area contributed by atoms with Crippen LogP contribution in [0.2, 0.25) is 5.02 Å². The van der Waals surface area contributed by atoms with Gasteiger partial charge in [-0.25, -0.2) is 8.78 Å². The summed E-state index contributed by atoms with van der Waals surface area (Å²) in [6.45, 7) is 6.63. The number of alkyl halides is 2. The molecule has 4 aliphatic carbocycles. The van der Waals surface area contributed by atoms with Gasteiger partial charge in [-0.2, -0.15) is 0 Å². The Hall–Kier alpha value is -1.87. The lowest BCUT2D eigenvalue weighted by Gasteiger charge is -2.63. The van der Waals surface area contributed by atoms with Crippen LogP contribution in [0.1, 0.15) is 45.6 Å². The number of rotatable bonds is 5. The SMILES string of the molecule is CC(=O)CSC(=O)C12CN(Cc3cccc(Cl)c3)CC1CC1C3CC(F)C4=CC(=O)C=CC4(C)C3(F)C(O)CC12C. The Labute approximate surface area is 248 Å². The summed E-state index contributed by atoms with van der Waals surface area (Å²) >= 11 is 7.25. The maximum absolute atomic E-state index is 17.6. The van der Waals surface area contributed by atoms with Crippen molar-refractivity contribution in [3.63, 3.8) is 0 Å². The summed E-state index contributed by atoms with van der Waals surface area (Å²) in [4.78, 5) is 40.5. The predicted octanol–water partition coefficient (Wildman–Crippen LogP) is 5.54. The predicted molar refractivity (Wildman–Crippen MR) is 155 cm³/mol. The molecule has 0 radical (unpaired) electrons. The smallest absolute Gasteiger partial charge is 0.197 e. The van der Waals surface area contributed by atoms with Gasteiger partial charge in [0.1, 0.15) is 12.0 Å². The number of ketones is 2. The van der Waals surface area contributed by atoms with Gasteiger partial charge in [-0.1, -0.05) is 48.5 Å². The number of likely N-dealkylation sites (tertiary alicyclic amines) is 1. The average Bonchev–Trinajstić information content (AvgIpc) is 3.38. The monoisotopic (exact) mass is 603 g/mol. The molecule has 41 heavy (non-hydrogen) atoms. The van der Waals surface area contributed by atoms with E-state index in [1.807, 2.05) is 31.2 Å². The third-order valence-corrected chi connectivity index (χ3v) is 12.7. The molecule has 0 amide bonds. The third kappa shape index (κ3) is 4.03. The Morgan fingerprint density at radius 3 is 2.68 bits per heavy atom. The molecule has 1 aliphatic heterocycles. The molecule has 0 aromatic heterocycles. The Bertz CT molecular complexity index is 1380. The molecule has 9 heteroatoms. The van der Waals surface area contributed by atoms with Gasteiger partial charge in [-0.15, -0.1) is 0 Å². The number of allylic oxidation sites excluding steroid dienone is 4. The number of thioether (sulfide) groups is 1. The van der Waals surface area contributed by atoms with Crippen LogP contribution in [-0.4, -0.2) is 63.5 Å². The van der Waals surface area contributed by atoms with E-state index < -0.39 is 40.1 Å². The maximum Gasteiger partial charge on any atom is 0.197 e. The molecule has 5 aliphatic rings. The van der Waals surface area contributed by atoms with Crippen LogP contribution in [0.3, 0.4) is 0 Å². The number of benzene rings is 1. The number of aliphatic hydroxyl groups excluding tert-OH is 1. The molecule has 1 saturated heterocycles. The number of carbonyl (C=O) groups excluding carboxylic acids is 3. The number of halogens is 3. The maximum atomic E-state index is 17.6. The highest BCUT2D eigenvalue weighted by Gasteiger charge is 2.78. The van der Waals surface area contributed by atoms with E-state index in [0.29, 0.717) is 31.1 Å². The minimum Gasteiger partial charge on any atom is -0.390 e. The molecule has 4 fully saturated rings. The fourth-order valence-electron chi connectivity index (χ4n) is 9.52. The Balaban J connectivity index is 1.40. The van der Waals surface area contributed by atoms with Crippen molar-refractivity contribution in [1.82, 2.24) is 4.90 Å². The number of aliphatic hydroxyl groups is 1. The summed E-state index contributed by atoms with van der Waals surface area (Å²) in [6.07, 6.45) is 1.38. The van der Waals surface area contributed by atoms with Crippen LogP contribution in [0.4, 0.5) is 8.78 Å². The highest BCUT2D eigenvalue weighted by atomic mass is 35.5. The van der Waals surface area contributed by atoms with Gasteiger partial charge < -0.3 is 5.11 Å². The molecular formula is C32H36ClF2NO4S. The van der Waals surface area contributed by atoms with Crippen molar-refractivity contribution in [2.75, 3.05) is 18.8 Å². The first-order valence-electron chi connectivity index (χ1n) is 14.4. The van der Waals surface area contributed by atoms with Gasteiger partial charge in [0.05, 0.1) is 17.3 Å². The van der Waals surface area contributed by atoms with E-state index in [2.05, 4.69) is 4.90 Å². The molecule has 9 unspecified atom stereocenters. The second-order valence-corrected chi connectivity index (χ2v) is 14.7. The van der Waals surface area contributed by atoms with Crippen molar-refractivity contribution in [3.05, 3.63) is 58.7 Å². The van der Waals surface area contributed by atoms with Gasteiger partial charge in [0.2, 0.25) is 0 Å². The van der Waals surface area contributed by atoms with Gasteiger partial charge in [0, 0.05) is 36.0 Å². The topological polar surface area (TPSA) is 74.7 Å². The largest absolute Gasteiger partial charge is 0.390 e. The first-order valence-corrected chi connectivity index (χ1v) is 15.7. The quantitative estimate of drug-likeness (QED) is 0.477. The summed E-state index contributed by atoms with van der Waals surface area (Å²) in [5.41, 5.74) is -4.27. The van der Waals surface area contributed by atoms with E-state index in [1.54, 1.807) is 6.92 Å². The van der Waals surface area contributed by atoms with E-state index in [1.165, 1.54) is 25.2 Å². The number of nitrogens with zero attached hydrogens (tertiary/aromatic N) is 1. The zero-order chi connectivity index (χ0) is 29.5. The van der Waals surface area contributed by atoms with E-state index >= 15 is 8.78 Å². The lowest BCUT2D eigenvalue weighted by molar-refractivity contribution is -0.210. The summed E-state index contributed by atoms with van der Waals surface area (Å²) < 4.78 is 33.5. The summed E-state index contributed by atoms with van der Waals surface area (Å²) in [5, 5.41) is 12.3. The zero-order valence-corrected chi connectivity index (χ0v) is 25.1. The fraction of sp³-hybridized carbons (Fsp3) is 0.594. The molecule has 9 atom stereocenters. The standard InChI is InChI=1S/C32H36ClF2NO4S/c1-18(37)16-41-28(40)31-17-36(14-19-5-4-6-21(33)9-19)15-20(31)10-23-24-12-26(34)25-11-22(38)7-8-29(25,2)32(24,35)27(39)13-30(23,31)3/h4-9,11,20,23-24,26-27,39H,10,12-17H2,1-3H3. The van der Waals surface area contributed by atoms with Crippen LogP contribution >= 0.6 is 23.4 Å². The minimum atomic E-state index is -2.18. The molecule has 1 heterocycles. The second-order valence-electron chi connectivity index (χ2n) is 13.3. The molecule has 1 aromatic rings. The number of hydrogen-bond acceptors (Lipinski definition) is 6. The van der Waals surface area contributed by atoms with E-state index in [4.69, 9.17) is 11.6 Å². The lowest BCUT2D eigenvalue weighted by atomic mass is 9.43. The van der Waals surface area contributed by atoms with Crippen molar-refractivity contribution in [1.29, 1.82) is 0 Å². The molecule has 0 spiro atoms. The highest BCUT2D eigenvalue weighted by Crippen LogP contribution is 2.75. The van der Waals surface area contributed by atoms with Gasteiger partial charge in [0.15, 0.2) is 16.6 Å². The van der Waals surface area contributed by atoms with Crippen molar-refractivity contribution >= 4 is 40.0 Å². The van der Waals surface area contributed by atoms with E-state index in [-0.39, 0.29) is 52.7 Å². The molecule has 3 saturated carbocycles. The van der Waals surface area contributed by atoms with Crippen molar-refractivity contribution in [2.45, 2.75) is 64.5 Å². The summed E-state index contributed by atoms with van der Waals surface area (Å²) in [5.74, 6) is -1.74. The fourth-order valence-corrected chi connectivity index (χ4v) is 10.8. The molecule has 1 aromatic carbocycles. The van der Waals surface area contributed by atoms with Gasteiger partial charge in [-0.05, 0) is 85.8 Å². The molecule has 0 bridgehead atoms. The van der Waals surface area contributed by atoms with Gasteiger partial charge in [-0.3, -0.25) is 19.3 Å². The minimum absolute atomic E-state index is 0.0418. The first-order chi connectivity index (χ1) is 19.3. The third-order valence-electron chi connectivity index (χ3n) is 11.3. The van der Waals surface area contributed by atoms with E-state index in [0.717, 1.165) is 17.3 Å². The molecular weight excluding hydrogens is 568 g/mol. The van der Waals surface area contributed by atoms with Crippen LogP contribution < -0.4 is 0 Å². The first kappa shape index (κ1) is 29.2. The number of hydrogen-bond donors (Lipinski definition) is 1. The van der Waals surface area contributed by atoms with Crippen LogP contribution in [0.5, 0.6) is 0 Å². The average molecular weight is 604 g/mol. The summed E-state index contributed by atoms with van der Waals surface area (Å²) in [6, 6.07) is 7.59. The zero-order valence-electron chi connectivity index (χ0n) is 23.5.